The lowest BCUT2D eigenvalue weighted by atomic mass is 9.78. The van der Waals surface area contributed by atoms with Crippen LogP contribution in [-0.2, 0) is 0 Å². The fourth-order valence-electron chi connectivity index (χ4n) is 4.19. The molecule has 0 bridgehead atoms. The van der Waals surface area contributed by atoms with Gasteiger partial charge in [-0.1, -0.05) is 6.92 Å². The summed E-state index contributed by atoms with van der Waals surface area (Å²) < 4.78 is 0. The lowest BCUT2D eigenvalue weighted by Gasteiger charge is -2.42. The van der Waals surface area contributed by atoms with Crippen molar-refractivity contribution in [3.8, 4) is 6.07 Å². The molecule has 3 heteroatoms. The molecular weight excluding hydrogens is 234 g/mol. The largest absolute Gasteiger partial charge is 0.297 e. The lowest BCUT2D eigenvalue weighted by molar-refractivity contribution is 0.109. The highest BCUT2D eigenvalue weighted by Gasteiger charge is 2.41. The maximum absolute atomic E-state index is 9.64. The summed E-state index contributed by atoms with van der Waals surface area (Å²) in [6.45, 7) is 10.2. The Morgan fingerprint density at radius 1 is 1.37 bits per heavy atom. The molecule has 0 amide bonds. The number of likely N-dealkylation sites (tertiary alicyclic amines) is 1. The predicted molar refractivity (Wildman–Crippen MR) is 78.8 cm³/mol. The van der Waals surface area contributed by atoms with Crippen molar-refractivity contribution >= 4 is 0 Å². The SMILES string of the molecule is CC1CC(C)N(C2CCCC(C#N)(NC(C)C)C2)C1. The van der Waals surface area contributed by atoms with Gasteiger partial charge in [-0.2, -0.15) is 5.26 Å². The van der Waals surface area contributed by atoms with Gasteiger partial charge in [0.15, 0.2) is 0 Å². The van der Waals surface area contributed by atoms with Gasteiger partial charge >= 0.3 is 0 Å². The molecule has 0 aromatic heterocycles. The van der Waals surface area contributed by atoms with E-state index >= 15 is 0 Å². The summed E-state index contributed by atoms with van der Waals surface area (Å²) in [4.78, 5) is 2.66. The Hall–Kier alpha value is -0.590. The summed E-state index contributed by atoms with van der Waals surface area (Å²) in [5.74, 6) is 0.812. The number of hydrogen-bond acceptors (Lipinski definition) is 3. The maximum atomic E-state index is 9.64. The van der Waals surface area contributed by atoms with Crippen molar-refractivity contribution in [3.63, 3.8) is 0 Å². The molecule has 1 aliphatic carbocycles. The first kappa shape index (κ1) is 14.8. The van der Waals surface area contributed by atoms with Gasteiger partial charge in [0.2, 0.25) is 0 Å². The van der Waals surface area contributed by atoms with E-state index in [0.29, 0.717) is 18.1 Å². The zero-order valence-corrected chi connectivity index (χ0v) is 12.9. The number of nitrogens with zero attached hydrogens (tertiary/aromatic N) is 2. The van der Waals surface area contributed by atoms with Crippen LogP contribution in [0.5, 0.6) is 0 Å². The highest BCUT2D eigenvalue weighted by molar-refractivity contribution is 5.12. The van der Waals surface area contributed by atoms with Crippen molar-refractivity contribution in [2.24, 2.45) is 5.92 Å². The molecule has 3 nitrogen and oxygen atoms in total. The normalized spacial score (nSPS) is 40.5. The average Bonchev–Trinajstić information content (AvgIpc) is 2.68. The molecule has 1 saturated carbocycles. The smallest absolute Gasteiger partial charge is 0.108 e. The van der Waals surface area contributed by atoms with Gasteiger partial charge < -0.3 is 0 Å². The van der Waals surface area contributed by atoms with Crippen molar-refractivity contribution in [1.29, 1.82) is 5.26 Å². The summed E-state index contributed by atoms with van der Waals surface area (Å²) in [6, 6.07) is 4.26. The van der Waals surface area contributed by atoms with Crippen LogP contribution in [0.3, 0.4) is 0 Å². The van der Waals surface area contributed by atoms with E-state index in [-0.39, 0.29) is 5.54 Å². The minimum absolute atomic E-state index is 0.289. The monoisotopic (exact) mass is 263 g/mol. The van der Waals surface area contributed by atoms with E-state index in [1.54, 1.807) is 0 Å². The van der Waals surface area contributed by atoms with E-state index in [4.69, 9.17) is 0 Å². The fraction of sp³-hybridized carbons (Fsp3) is 0.938. The molecule has 4 unspecified atom stereocenters. The highest BCUT2D eigenvalue weighted by Crippen LogP contribution is 2.35. The number of rotatable bonds is 3. The van der Waals surface area contributed by atoms with Crippen LogP contribution >= 0.6 is 0 Å². The quantitative estimate of drug-likeness (QED) is 0.851. The lowest BCUT2D eigenvalue weighted by Crippen LogP contribution is -2.55. The summed E-state index contributed by atoms with van der Waals surface area (Å²) in [6.07, 6.45) is 5.76. The van der Waals surface area contributed by atoms with E-state index < -0.39 is 0 Å². The zero-order chi connectivity index (χ0) is 14.0. The predicted octanol–water partition coefficient (Wildman–Crippen LogP) is 2.92. The van der Waals surface area contributed by atoms with Gasteiger partial charge in [-0.15, -0.1) is 0 Å². The fourth-order valence-corrected chi connectivity index (χ4v) is 4.19. The van der Waals surface area contributed by atoms with Crippen molar-refractivity contribution in [3.05, 3.63) is 0 Å². The summed E-state index contributed by atoms with van der Waals surface area (Å²) in [5, 5.41) is 13.2. The van der Waals surface area contributed by atoms with Crippen LogP contribution in [0, 0.1) is 17.2 Å². The third-order valence-electron chi connectivity index (χ3n) is 4.81. The Balaban J connectivity index is 2.06. The molecule has 108 valence electrons. The van der Waals surface area contributed by atoms with Crippen LogP contribution in [0.4, 0.5) is 0 Å². The summed E-state index contributed by atoms with van der Waals surface area (Å²) in [7, 11) is 0. The molecule has 1 aliphatic heterocycles. The van der Waals surface area contributed by atoms with Gasteiger partial charge in [-0.3, -0.25) is 10.2 Å². The first-order chi connectivity index (χ1) is 8.96. The van der Waals surface area contributed by atoms with Gasteiger partial charge in [0.1, 0.15) is 5.54 Å². The molecule has 0 aromatic rings. The van der Waals surface area contributed by atoms with Gasteiger partial charge in [0, 0.05) is 24.7 Å². The van der Waals surface area contributed by atoms with Crippen LogP contribution < -0.4 is 5.32 Å². The molecule has 2 fully saturated rings. The average molecular weight is 263 g/mol. The highest BCUT2D eigenvalue weighted by atomic mass is 15.2. The molecule has 1 saturated heterocycles. The van der Waals surface area contributed by atoms with Crippen LogP contribution in [-0.4, -0.2) is 35.1 Å². The molecule has 1 heterocycles. The topological polar surface area (TPSA) is 39.1 Å². The van der Waals surface area contributed by atoms with Crippen LogP contribution in [0.15, 0.2) is 0 Å². The second-order valence-electron chi connectivity index (χ2n) is 7.13. The number of hydrogen-bond donors (Lipinski definition) is 1. The van der Waals surface area contributed by atoms with Crippen LogP contribution in [0.25, 0.3) is 0 Å². The van der Waals surface area contributed by atoms with Crippen LogP contribution in [0.1, 0.15) is 59.8 Å². The number of nitriles is 1. The summed E-state index contributed by atoms with van der Waals surface area (Å²) in [5.41, 5.74) is -0.289. The Kier molecular flexibility index (Phi) is 4.53. The van der Waals surface area contributed by atoms with E-state index in [9.17, 15) is 5.26 Å². The molecule has 0 radical (unpaired) electrons. The molecule has 0 spiro atoms. The minimum Gasteiger partial charge on any atom is -0.297 e. The maximum Gasteiger partial charge on any atom is 0.108 e. The Morgan fingerprint density at radius 3 is 2.63 bits per heavy atom. The second kappa shape index (κ2) is 5.81. The van der Waals surface area contributed by atoms with E-state index in [1.165, 1.54) is 25.8 Å². The van der Waals surface area contributed by atoms with E-state index in [1.807, 2.05) is 0 Å². The van der Waals surface area contributed by atoms with E-state index in [0.717, 1.165) is 18.8 Å². The molecule has 0 aromatic carbocycles. The zero-order valence-electron chi connectivity index (χ0n) is 12.9. The number of nitrogens with one attached hydrogen (secondary N) is 1. The Bertz CT molecular complexity index is 346. The molecule has 2 aliphatic rings. The van der Waals surface area contributed by atoms with Gasteiger partial charge in [-0.25, -0.2) is 0 Å². The Morgan fingerprint density at radius 2 is 2.11 bits per heavy atom. The van der Waals surface area contributed by atoms with Gasteiger partial charge in [-0.05, 0) is 58.8 Å². The van der Waals surface area contributed by atoms with Crippen LogP contribution in [0.2, 0.25) is 0 Å². The van der Waals surface area contributed by atoms with Gasteiger partial charge in [0.05, 0.1) is 6.07 Å². The molecule has 19 heavy (non-hydrogen) atoms. The molecule has 4 atom stereocenters. The van der Waals surface area contributed by atoms with Crippen molar-refractivity contribution in [1.82, 2.24) is 10.2 Å². The molecule has 1 N–H and O–H groups in total. The third kappa shape index (κ3) is 3.30. The van der Waals surface area contributed by atoms with Crippen molar-refractivity contribution in [2.45, 2.75) is 83.5 Å². The second-order valence-corrected chi connectivity index (χ2v) is 7.13. The van der Waals surface area contributed by atoms with E-state index in [2.05, 4.69) is 44.0 Å². The minimum atomic E-state index is -0.289. The van der Waals surface area contributed by atoms with Crippen molar-refractivity contribution < 1.29 is 0 Å². The third-order valence-corrected chi connectivity index (χ3v) is 4.81. The first-order valence-electron chi connectivity index (χ1n) is 7.90. The molecular formula is C16H29N3. The van der Waals surface area contributed by atoms with Crippen molar-refractivity contribution in [2.75, 3.05) is 6.54 Å². The summed E-state index contributed by atoms with van der Waals surface area (Å²) >= 11 is 0. The van der Waals surface area contributed by atoms with Gasteiger partial charge in [0.25, 0.3) is 0 Å². The Labute approximate surface area is 118 Å². The standard InChI is InChI=1S/C16H29N3/c1-12(2)18-16(11-17)7-5-6-15(9-16)19-10-13(3)8-14(19)4/h12-15,18H,5-10H2,1-4H3. The molecule has 2 rings (SSSR count). The first-order valence-corrected chi connectivity index (χ1v) is 7.90.